The summed E-state index contributed by atoms with van der Waals surface area (Å²) in [4.78, 5) is 24.7. The molecule has 0 aliphatic carbocycles. The highest BCUT2D eigenvalue weighted by molar-refractivity contribution is 5.76. The summed E-state index contributed by atoms with van der Waals surface area (Å²) < 4.78 is 0. The van der Waals surface area contributed by atoms with E-state index in [0.717, 1.165) is 0 Å². The van der Waals surface area contributed by atoms with Gasteiger partial charge >= 0.3 is 12.0 Å². The molecule has 0 bridgehead atoms. The van der Waals surface area contributed by atoms with Crippen LogP contribution in [0.15, 0.2) is 12.7 Å². The summed E-state index contributed by atoms with van der Waals surface area (Å²) in [5.74, 6) is -0.917. The van der Waals surface area contributed by atoms with Crippen molar-refractivity contribution in [2.45, 2.75) is 53.1 Å². The molecule has 1 unspecified atom stereocenters. The van der Waals surface area contributed by atoms with E-state index in [1.807, 2.05) is 34.6 Å². The predicted octanol–water partition coefficient (Wildman–Crippen LogP) is 2.48. The third-order valence-corrected chi connectivity index (χ3v) is 2.93. The van der Waals surface area contributed by atoms with E-state index >= 15 is 0 Å². The molecule has 0 aromatic rings. The fourth-order valence-corrected chi connectivity index (χ4v) is 1.65. The van der Waals surface area contributed by atoms with Crippen molar-refractivity contribution in [2.24, 2.45) is 5.41 Å². The van der Waals surface area contributed by atoms with Gasteiger partial charge in [-0.2, -0.15) is 0 Å². The van der Waals surface area contributed by atoms with Gasteiger partial charge in [-0.1, -0.05) is 26.8 Å². The fourth-order valence-electron chi connectivity index (χ4n) is 1.65. The lowest BCUT2D eigenvalue weighted by atomic mass is 9.85. The van der Waals surface area contributed by atoms with Gasteiger partial charge in [0.15, 0.2) is 0 Å². The second-order valence-corrected chi connectivity index (χ2v) is 6.00. The molecule has 5 heteroatoms. The summed E-state index contributed by atoms with van der Waals surface area (Å²) >= 11 is 0. The average molecular weight is 270 g/mol. The van der Waals surface area contributed by atoms with Crippen LogP contribution in [0, 0.1) is 5.41 Å². The molecule has 110 valence electrons. The Labute approximate surface area is 115 Å². The van der Waals surface area contributed by atoms with Gasteiger partial charge in [0.25, 0.3) is 0 Å². The van der Waals surface area contributed by atoms with Crippen molar-refractivity contribution in [3.05, 3.63) is 12.7 Å². The Morgan fingerprint density at radius 3 is 2.21 bits per heavy atom. The van der Waals surface area contributed by atoms with Crippen molar-refractivity contribution in [1.82, 2.24) is 10.2 Å². The lowest BCUT2D eigenvalue weighted by Crippen LogP contribution is -2.52. The van der Waals surface area contributed by atoms with Gasteiger partial charge in [-0.15, -0.1) is 6.58 Å². The Morgan fingerprint density at radius 2 is 1.89 bits per heavy atom. The van der Waals surface area contributed by atoms with Crippen LogP contribution in [-0.2, 0) is 4.79 Å². The normalized spacial score (nSPS) is 12.9. The van der Waals surface area contributed by atoms with Gasteiger partial charge in [-0.3, -0.25) is 4.79 Å². The maximum Gasteiger partial charge on any atom is 0.318 e. The Balaban J connectivity index is 4.87. The first kappa shape index (κ1) is 17.5. The minimum atomic E-state index is -0.917. The first-order chi connectivity index (χ1) is 8.59. The van der Waals surface area contributed by atoms with Crippen molar-refractivity contribution in [3.8, 4) is 0 Å². The smallest absolute Gasteiger partial charge is 0.318 e. The highest BCUT2D eigenvalue weighted by Crippen LogP contribution is 2.22. The van der Waals surface area contributed by atoms with Crippen LogP contribution < -0.4 is 5.32 Å². The van der Waals surface area contributed by atoms with Crippen LogP contribution in [-0.4, -0.2) is 40.6 Å². The van der Waals surface area contributed by atoms with Gasteiger partial charge < -0.3 is 15.3 Å². The van der Waals surface area contributed by atoms with E-state index in [1.165, 1.54) is 0 Å². The second-order valence-electron chi connectivity index (χ2n) is 6.00. The van der Waals surface area contributed by atoms with Crippen LogP contribution in [0.1, 0.15) is 41.0 Å². The van der Waals surface area contributed by atoms with Crippen LogP contribution in [0.2, 0.25) is 0 Å². The third-order valence-electron chi connectivity index (χ3n) is 2.93. The predicted molar refractivity (Wildman–Crippen MR) is 76.1 cm³/mol. The van der Waals surface area contributed by atoms with Crippen LogP contribution in [0.5, 0.6) is 0 Å². The van der Waals surface area contributed by atoms with Gasteiger partial charge in [-0.05, 0) is 19.3 Å². The van der Waals surface area contributed by atoms with E-state index in [9.17, 15) is 9.59 Å². The molecule has 0 aromatic heterocycles. The fraction of sp³-hybridized carbons (Fsp3) is 0.714. The largest absolute Gasteiger partial charge is 0.481 e. The van der Waals surface area contributed by atoms with Gasteiger partial charge in [0.2, 0.25) is 0 Å². The molecule has 0 saturated heterocycles. The van der Waals surface area contributed by atoms with Gasteiger partial charge in [0.05, 0.1) is 6.42 Å². The van der Waals surface area contributed by atoms with Crippen molar-refractivity contribution in [2.75, 3.05) is 6.54 Å². The Morgan fingerprint density at radius 1 is 1.37 bits per heavy atom. The molecule has 0 fully saturated rings. The Bertz CT molecular complexity index is 332. The van der Waals surface area contributed by atoms with Crippen molar-refractivity contribution in [1.29, 1.82) is 0 Å². The highest BCUT2D eigenvalue weighted by Gasteiger charge is 2.30. The number of carboxylic acids is 1. The molecule has 0 aliphatic rings. The summed E-state index contributed by atoms with van der Waals surface area (Å²) in [5.41, 5.74) is -0.315. The summed E-state index contributed by atoms with van der Waals surface area (Å²) in [5, 5.41) is 11.7. The number of hydrogen-bond acceptors (Lipinski definition) is 2. The topological polar surface area (TPSA) is 69.6 Å². The number of carbonyl (C=O) groups is 2. The summed E-state index contributed by atoms with van der Waals surface area (Å²) in [6.45, 7) is 13.6. The van der Waals surface area contributed by atoms with E-state index in [4.69, 9.17) is 5.11 Å². The number of carbonyl (C=O) groups excluding carboxylic acids is 1. The van der Waals surface area contributed by atoms with Crippen LogP contribution >= 0.6 is 0 Å². The molecule has 1 atom stereocenters. The molecule has 2 amide bonds. The standard InChI is InChI=1S/C14H26N2O3/c1-7-8-16(10(2)3)13(19)15-11(9-12(17)18)14(4,5)6/h7,10-11H,1,8-9H2,2-6H3,(H,15,19)(H,17,18). The zero-order valence-corrected chi connectivity index (χ0v) is 12.6. The summed E-state index contributed by atoms with van der Waals surface area (Å²) in [6.07, 6.45) is 1.57. The molecule has 0 aliphatic heterocycles. The molecule has 0 spiro atoms. The molecule has 0 saturated carbocycles. The first-order valence-corrected chi connectivity index (χ1v) is 6.49. The molecule has 0 heterocycles. The maximum absolute atomic E-state index is 12.2. The third kappa shape index (κ3) is 6.27. The number of hydrogen-bond donors (Lipinski definition) is 2. The highest BCUT2D eigenvalue weighted by atomic mass is 16.4. The number of nitrogens with zero attached hydrogens (tertiary/aromatic N) is 1. The lowest BCUT2D eigenvalue weighted by Gasteiger charge is -2.34. The number of nitrogens with one attached hydrogen (secondary N) is 1. The summed E-state index contributed by atoms with van der Waals surface area (Å²) in [7, 11) is 0. The molecule has 0 aromatic carbocycles. The van der Waals surface area contributed by atoms with E-state index in [0.29, 0.717) is 6.54 Å². The lowest BCUT2D eigenvalue weighted by molar-refractivity contribution is -0.138. The van der Waals surface area contributed by atoms with Crippen molar-refractivity contribution in [3.63, 3.8) is 0 Å². The van der Waals surface area contributed by atoms with Gasteiger partial charge in [0.1, 0.15) is 0 Å². The quantitative estimate of drug-likeness (QED) is 0.728. The minimum Gasteiger partial charge on any atom is -0.481 e. The maximum atomic E-state index is 12.2. The number of carboxylic acid groups (broad SMARTS) is 1. The molecular weight excluding hydrogens is 244 g/mol. The first-order valence-electron chi connectivity index (χ1n) is 6.49. The number of amides is 2. The molecule has 0 radical (unpaired) electrons. The number of urea groups is 1. The van der Waals surface area contributed by atoms with E-state index < -0.39 is 12.0 Å². The molecule has 0 rings (SSSR count). The molecular formula is C14H26N2O3. The van der Waals surface area contributed by atoms with E-state index in [2.05, 4.69) is 11.9 Å². The Hall–Kier alpha value is -1.52. The summed E-state index contributed by atoms with van der Waals surface area (Å²) in [6, 6.07) is -0.636. The van der Waals surface area contributed by atoms with Crippen LogP contribution in [0.4, 0.5) is 4.79 Å². The SMILES string of the molecule is C=CCN(C(=O)NC(CC(=O)O)C(C)(C)C)C(C)C. The zero-order chi connectivity index (χ0) is 15.2. The van der Waals surface area contributed by atoms with Crippen LogP contribution in [0.3, 0.4) is 0 Å². The number of rotatable bonds is 6. The monoisotopic (exact) mass is 270 g/mol. The second kappa shape index (κ2) is 7.16. The van der Waals surface area contributed by atoms with Gasteiger partial charge in [0, 0.05) is 18.6 Å². The van der Waals surface area contributed by atoms with Crippen molar-refractivity contribution >= 4 is 12.0 Å². The van der Waals surface area contributed by atoms with Crippen molar-refractivity contribution < 1.29 is 14.7 Å². The van der Waals surface area contributed by atoms with Crippen LogP contribution in [0.25, 0.3) is 0 Å². The molecule has 5 nitrogen and oxygen atoms in total. The van der Waals surface area contributed by atoms with E-state index in [1.54, 1.807) is 11.0 Å². The average Bonchev–Trinajstić information content (AvgIpc) is 2.22. The number of aliphatic carboxylic acids is 1. The molecule has 2 N–H and O–H groups in total. The van der Waals surface area contributed by atoms with Gasteiger partial charge in [-0.25, -0.2) is 4.79 Å². The van der Waals surface area contributed by atoms with E-state index in [-0.39, 0.29) is 23.9 Å². The Kier molecular flexibility index (Phi) is 6.59. The minimum absolute atomic E-state index is 0.0310. The molecule has 19 heavy (non-hydrogen) atoms. The zero-order valence-electron chi connectivity index (χ0n) is 12.6.